The first-order chi connectivity index (χ1) is 9.12. The SMILES string of the molecule is Cc1ccc(C#N)cc1Oc1cc(Br)cc(C#N)c1. The van der Waals surface area contributed by atoms with E-state index in [2.05, 4.69) is 28.1 Å². The van der Waals surface area contributed by atoms with E-state index in [9.17, 15) is 0 Å². The molecular weight excluding hydrogens is 304 g/mol. The summed E-state index contributed by atoms with van der Waals surface area (Å²) in [5, 5.41) is 17.8. The molecule has 0 heterocycles. The molecule has 3 nitrogen and oxygen atoms in total. The average molecular weight is 313 g/mol. The zero-order chi connectivity index (χ0) is 13.8. The van der Waals surface area contributed by atoms with E-state index >= 15 is 0 Å². The van der Waals surface area contributed by atoms with Crippen LogP contribution in [0.15, 0.2) is 40.9 Å². The second-order valence-electron chi connectivity index (χ2n) is 3.98. The molecule has 2 rings (SSSR count). The van der Waals surface area contributed by atoms with E-state index in [4.69, 9.17) is 15.3 Å². The van der Waals surface area contributed by atoms with Crippen LogP contribution < -0.4 is 4.74 Å². The molecule has 92 valence electrons. The number of halogens is 1. The Morgan fingerprint density at radius 2 is 1.74 bits per heavy atom. The van der Waals surface area contributed by atoms with E-state index < -0.39 is 0 Å². The van der Waals surface area contributed by atoms with Gasteiger partial charge in [-0.15, -0.1) is 0 Å². The molecule has 0 aliphatic heterocycles. The van der Waals surface area contributed by atoms with Crippen molar-refractivity contribution in [3.05, 3.63) is 57.6 Å². The number of aryl methyl sites for hydroxylation is 1. The predicted molar refractivity (Wildman–Crippen MR) is 74.8 cm³/mol. The molecule has 0 bridgehead atoms. The molecule has 0 unspecified atom stereocenters. The fourth-order valence-electron chi connectivity index (χ4n) is 1.59. The highest BCUT2D eigenvalue weighted by Crippen LogP contribution is 2.29. The molecule has 0 N–H and O–H groups in total. The summed E-state index contributed by atoms with van der Waals surface area (Å²) in [7, 11) is 0. The molecule has 0 aromatic heterocycles. The van der Waals surface area contributed by atoms with Gasteiger partial charge in [0.05, 0.1) is 23.3 Å². The first kappa shape index (κ1) is 13.1. The standard InChI is InChI=1S/C15H9BrN2O/c1-10-2-3-11(8-17)6-15(10)19-14-5-12(9-18)4-13(16)7-14/h2-7H,1H3. The fraction of sp³-hybridized carbons (Fsp3) is 0.0667. The van der Waals surface area contributed by atoms with Gasteiger partial charge in [-0.1, -0.05) is 22.0 Å². The monoisotopic (exact) mass is 312 g/mol. The molecule has 4 heteroatoms. The summed E-state index contributed by atoms with van der Waals surface area (Å²) in [6.07, 6.45) is 0. The Morgan fingerprint density at radius 3 is 2.42 bits per heavy atom. The van der Waals surface area contributed by atoms with Gasteiger partial charge >= 0.3 is 0 Å². The Bertz CT molecular complexity index is 711. The Labute approximate surface area is 119 Å². The van der Waals surface area contributed by atoms with Crippen molar-refractivity contribution in [1.29, 1.82) is 10.5 Å². The molecule has 0 atom stereocenters. The van der Waals surface area contributed by atoms with E-state index in [1.54, 1.807) is 30.3 Å². The predicted octanol–water partition coefficient (Wildman–Crippen LogP) is 4.29. The number of hydrogen-bond donors (Lipinski definition) is 0. The molecule has 0 spiro atoms. The van der Waals surface area contributed by atoms with Gasteiger partial charge in [0.25, 0.3) is 0 Å². The van der Waals surface area contributed by atoms with Crippen molar-refractivity contribution < 1.29 is 4.74 Å². The van der Waals surface area contributed by atoms with Crippen LogP contribution in [0, 0.1) is 29.6 Å². The Morgan fingerprint density at radius 1 is 1.00 bits per heavy atom. The van der Waals surface area contributed by atoms with Gasteiger partial charge in [0.15, 0.2) is 0 Å². The van der Waals surface area contributed by atoms with Crippen LogP contribution in [0.25, 0.3) is 0 Å². The van der Waals surface area contributed by atoms with Gasteiger partial charge in [0.1, 0.15) is 11.5 Å². The van der Waals surface area contributed by atoms with Crippen LogP contribution in [-0.2, 0) is 0 Å². The molecule has 19 heavy (non-hydrogen) atoms. The summed E-state index contributed by atoms with van der Waals surface area (Å²) in [6, 6.07) is 14.5. The lowest BCUT2D eigenvalue weighted by Gasteiger charge is -2.09. The maximum absolute atomic E-state index is 8.92. The van der Waals surface area contributed by atoms with Crippen molar-refractivity contribution in [3.8, 4) is 23.6 Å². The number of ether oxygens (including phenoxy) is 1. The highest BCUT2D eigenvalue weighted by molar-refractivity contribution is 9.10. The van der Waals surface area contributed by atoms with Crippen LogP contribution in [0.5, 0.6) is 11.5 Å². The van der Waals surface area contributed by atoms with Gasteiger partial charge in [-0.25, -0.2) is 0 Å². The third-order valence-corrected chi connectivity index (χ3v) is 3.00. The zero-order valence-corrected chi connectivity index (χ0v) is 11.7. The minimum absolute atomic E-state index is 0.512. The maximum atomic E-state index is 8.92. The number of rotatable bonds is 2. The number of benzene rings is 2. The zero-order valence-electron chi connectivity index (χ0n) is 10.1. The van der Waals surface area contributed by atoms with E-state index in [1.807, 2.05) is 13.0 Å². The molecule has 2 aromatic rings. The molecule has 0 amide bonds. The Kier molecular flexibility index (Phi) is 3.85. The van der Waals surface area contributed by atoms with Gasteiger partial charge in [-0.3, -0.25) is 0 Å². The second kappa shape index (κ2) is 5.56. The first-order valence-corrected chi connectivity index (χ1v) is 6.31. The maximum Gasteiger partial charge on any atom is 0.131 e. The van der Waals surface area contributed by atoms with Gasteiger partial charge in [-0.05, 0) is 42.8 Å². The summed E-state index contributed by atoms with van der Waals surface area (Å²) in [6.45, 7) is 1.90. The van der Waals surface area contributed by atoms with E-state index in [0.29, 0.717) is 22.6 Å². The van der Waals surface area contributed by atoms with Gasteiger partial charge in [-0.2, -0.15) is 10.5 Å². The van der Waals surface area contributed by atoms with Crippen LogP contribution in [-0.4, -0.2) is 0 Å². The second-order valence-corrected chi connectivity index (χ2v) is 4.90. The molecule has 0 fully saturated rings. The largest absolute Gasteiger partial charge is 0.457 e. The minimum Gasteiger partial charge on any atom is -0.457 e. The average Bonchev–Trinajstić information content (AvgIpc) is 2.40. The summed E-state index contributed by atoms with van der Waals surface area (Å²) in [5.41, 5.74) is 1.98. The Hall–Kier alpha value is -2.30. The molecule has 0 saturated heterocycles. The lowest BCUT2D eigenvalue weighted by molar-refractivity contribution is 0.478. The first-order valence-electron chi connectivity index (χ1n) is 5.51. The van der Waals surface area contributed by atoms with Crippen molar-refractivity contribution in [3.63, 3.8) is 0 Å². The van der Waals surface area contributed by atoms with Crippen molar-refractivity contribution in [2.45, 2.75) is 6.92 Å². The smallest absolute Gasteiger partial charge is 0.131 e. The summed E-state index contributed by atoms with van der Waals surface area (Å²) in [5.74, 6) is 1.17. The van der Waals surface area contributed by atoms with Crippen molar-refractivity contribution >= 4 is 15.9 Å². The van der Waals surface area contributed by atoms with Crippen LogP contribution in [0.2, 0.25) is 0 Å². The quantitative estimate of drug-likeness (QED) is 0.831. The highest BCUT2D eigenvalue weighted by atomic mass is 79.9. The van der Waals surface area contributed by atoms with E-state index in [-0.39, 0.29) is 0 Å². The number of nitriles is 2. The Balaban J connectivity index is 2.39. The van der Waals surface area contributed by atoms with E-state index in [1.165, 1.54) is 0 Å². The summed E-state index contributed by atoms with van der Waals surface area (Å²) < 4.78 is 6.52. The van der Waals surface area contributed by atoms with Gasteiger partial charge in [0.2, 0.25) is 0 Å². The molecular formula is C15H9BrN2O. The number of hydrogen-bond acceptors (Lipinski definition) is 3. The van der Waals surface area contributed by atoms with Gasteiger partial charge < -0.3 is 4.74 Å². The van der Waals surface area contributed by atoms with Crippen molar-refractivity contribution in [2.24, 2.45) is 0 Å². The summed E-state index contributed by atoms with van der Waals surface area (Å²) in [4.78, 5) is 0. The highest BCUT2D eigenvalue weighted by Gasteiger charge is 2.05. The van der Waals surface area contributed by atoms with Crippen LogP contribution >= 0.6 is 15.9 Å². The van der Waals surface area contributed by atoms with Crippen LogP contribution in [0.3, 0.4) is 0 Å². The lowest BCUT2D eigenvalue weighted by atomic mass is 10.1. The molecule has 0 saturated carbocycles. The topological polar surface area (TPSA) is 56.8 Å². The third kappa shape index (κ3) is 3.13. The van der Waals surface area contributed by atoms with Gasteiger partial charge in [0, 0.05) is 4.47 Å². The van der Waals surface area contributed by atoms with Crippen molar-refractivity contribution in [1.82, 2.24) is 0 Å². The molecule has 0 aliphatic carbocycles. The van der Waals surface area contributed by atoms with E-state index in [0.717, 1.165) is 10.0 Å². The normalized spacial score (nSPS) is 9.47. The molecule has 0 aliphatic rings. The molecule has 2 aromatic carbocycles. The summed E-state index contributed by atoms with van der Waals surface area (Å²) >= 11 is 3.33. The lowest BCUT2D eigenvalue weighted by Crippen LogP contribution is -1.90. The minimum atomic E-state index is 0.512. The molecule has 0 radical (unpaired) electrons. The van der Waals surface area contributed by atoms with Crippen molar-refractivity contribution in [2.75, 3.05) is 0 Å². The van der Waals surface area contributed by atoms with Crippen LogP contribution in [0.4, 0.5) is 0 Å². The third-order valence-electron chi connectivity index (χ3n) is 2.55. The number of nitrogens with zero attached hydrogens (tertiary/aromatic N) is 2. The fourth-order valence-corrected chi connectivity index (χ4v) is 2.07. The van der Waals surface area contributed by atoms with Crippen LogP contribution in [0.1, 0.15) is 16.7 Å².